The molecule has 3 nitrogen and oxygen atoms in total. The average Bonchev–Trinajstić information content (AvgIpc) is 2.90. The molecule has 1 saturated carbocycles. The lowest BCUT2D eigenvalue weighted by molar-refractivity contribution is 0.206. The van der Waals surface area contributed by atoms with Gasteiger partial charge in [-0.05, 0) is 38.7 Å². The maximum atomic E-state index is 9.02. The van der Waals surface area contributed by atoms with E-state index in [2.05, 4.69) is 11.4 Å². The van der Waals surface area contributed by atoms with Crippen molar-refractivity contribution in [1.29, 1.82) is 0 Å². The van der Waals surface area contributed by atoms with Crippen LogP contribution in [-0.4, -0.2) is 23.9 Å². The van der Waals surface area contributed by atoms with Crippen LogP contribution < -0.4 is 10.1 Å². The molecule has 1 fully saturated rings. The lowest BCUT2D eigenvalue weighted by atomic mass is 10.2. The summed E-state index contributed by atoms with van der Waals surface area (Å²) >= 11 is 0. The van der Waals surface area contributed by atoms with Crippen molar-refractivity contribution in [1.82, 2.24) is 5.32 Å². The number of aliphatic hydroxyl groups is 1. The number of aliphatic hydroxyl groups excluding tert-OH is 1. The number of benzene rings is 1. The molecule has 2 N–H and O–H groups in total. The molecular weight excluding hydrogens is 226 g/mol. The summed E-state index contributed by atoms with van der Waals surface area (Å²) in [6.45, 7) is 2.87. The first-order valence-electron chi connectivity index (χ1n) is 6.88. The minimum Gasteiger partial charge on any atom is -0.490 e. The van der Waals surface area contributed by atoms with Crippen molar-refractivity contribution in [2.45, 2.75) is 51.3 Å². The minimum atomic E-state index is 0.115. The molecule has 18 heavy (non-hydrogen) atoms. The molecular formula is C15H23NO2. The first-order valence-corrected chi connectivity index (χ1v) is 6.88. The van der Waals surface area contributed by atoms with Crippen molar-refractivity contribution < 1.29 is 9.84 Å². The summed E-state index contributed by atoms with van der Waals surface area (Å²) in [6.07, 6.45) is 5.31. The second-order valence-corrected chi connectivity index (χ2v) is 5.10. The highest BCUT2D eigenvalue weighted by Crippen LogP contribution is 2.26. The van der Waals surface area contributed by atoms with Crippen LogP contribution in [0.1, 0.15) is 38.2 Å². The van der Waals surface area contributed by atoms with Crippen LogP contribution in [0.5, 0.6) is 5.75 Å². The molecule has 0 spiro atoms. The van der Waals surface area contributed by atoms with Crippen LogP contribution in [0.25, 0.3) is 0 Å². The topological polar surface area (TPSA) is 41.5 Å². The Bertz CT molecular complexity index is 361. The number of nitrogens with one attached hydrogen (secondary N) is 1. The molecule has 3 heteroatoms. The molecule has 0 aromatic heterocycles. The molecule has 2 rings (SSSR count). The van der Waals surface area contributed by atoms with Gasteiger partial charge in [-0.3, -0.25) is 0 Å². The molecule has 0 heterocycles. The first kappa shape index (κ1) is 13.4. The highest BCUT2D eigenvalue weighted by molar-refractivity contribution is 5.33. The van der Waals surface area contributed by atoms with E-state index in [9.17, 15) is 0 Å². The fourth-order valence-electron chi connectivity index (χ4n) is 2.30. The highest BCUT2D eigenvalue weighted by Gasteiger charge is 2.17. The van der Waals surface area contributed by atoms with E-state index in [0.717, 1.165) is 12.3 Å². The van der Waals surface area contributed by atoms with Crippen LogP contribution in [0.4, 0.5) is 0 Å². The lowest BCUT2D eigenvalue weighted by Gasteiger charge is -2.18. The third kappa shape index (κ3) is 3.72. The summed E-state index contributed by atoms with van der Waals surface area (Å²) in [7, 11) is 0. The Morgan fingerprint density at radius 1 is 1.33 bits per heavy atom. The summed E-state index contributed by atoms with van der Waals surface area (Å²) in [4.78, 5) is 0. The number of ether oxygens (including phenoxy) is 1. The summed E-state index contributed by atoms with van der Waals surface area (Å²) in [5.74, 6) is 0.988. The van der Waals surface area contributed by atoms with Gasteiger partial charge in [0.1, 0.15) is 5.75 Å². The Labute approximate surface area is 109 Å². The maximum absolute atomic E-state index is 9.02. The third-order valence-corrected chi connectivity index (χ3v) is 3.48. The van der Waals surface area contributed by atoms with Gasteiger partial charge in [0.2, 0.25) is 0 Å². The first-order chi connectivity index (χ1) is 8.79. The van der Waals surface area contributed by atoms with E-state index in [4.69, 9.17) is 9.84 Å². The van der Waals surface area contributed by atoms with E-state index in [-0.39, 0.29) is 12.6 Å². The molecule has 0 radical (unpaired) electrons. The van der Waals surface area contributed by atoms with Crippen molar-refractivity contribution in [3.63, 3.8) is 0 Å². The number of rotatable bonds is 6. The third-order valence-electron chi connectivity index (χ3n) is 3.48. The zero-order valence-corrected chi connectivity index (χ0v) is 11.1. The molecule has 0 amide bonds. The predicted molar refractivity (Wildman–Crippen MR) is 72.7 cm³/mol. The molecule has 0 bridgehead atoms. The van der Waals surface area contributed by atoms with E-state index >= 15 is 0 Å². The molecule has 1 aliphatic carbocycles. The molecule has 1 atom stereocenters. The van der Waals surface area contributed by atoms with E-state index in [0.29, 0.717) is 6.10 Å². The van der Waals surface area contributed by atoms with Crippen LogP contribution in [0.3, 0.4) is 0 Å². The largest absolute Gasteiger partial charge is 0.490 e. The Kier molecular flexibility index (Phi) is 5.02. The lowest BCUT2D eigenvalue weighted by Crippen LogP contribution is -2.29. The van der Waals surface area contributed by atoms with Gasteiger partial charge in [-0.1, -0.05) is 18.2 Å². The molecule has 1 aromatic rings. The zero-order valence-electron chi connectivity index (χ0n) is 11.1. The SMILES string of the molecule is C[C@H](CO)NCc1ccccc1OC1CCCC1. The fraction of sp³-hybridized carbons (Fsp3) is 0.600. The quantitative estimate of drug-likeness (QED) is 0.814. The molecule has 0 aliphatic heterocycles. The predicted octanol–water partition coefficient (Wildman–Crippen LogP) is 2.48. The van der Waals surface area contributed by atoms with Gasteiger partial charge in [0, 0.05) is 18.2 Å². The zero-order chi connectivity index (χ0) is 12.8. The summed E-state index contributed by atoms with van der Waals surface area (Å²) < 4.78 is 6.07. The molecule has 1 aromatic carbocycles. The van der Waals surface area contributed by atoms with E-state index < -0.39 is 0 Å². The van der Waals surface area contributed by atoms with Gasteiger partial charge in [0.05, 0.1) is 12.7 Å². The molecule has 1 aliphatic rings. The molecule has 0 saturated heterocycles. The van der Waals surface area contributed by atoms with Crippen molar-refractivity contribution in [3.8, 4) is 5.75 Å². The van der Waals surface area contributed by atoms with E-state index in [1.54, 1.807) is 0 Å². The Balaban J connectivity index is 1.95. The van der Waals surface area contributed by atoms with E-state index in [1.807, 2.05) is 25.1 Å². The van der Waals surface area contributed by atoms with Crippen LogP contribution in [0.2, 0.25) is 0 Å². The number of para-hydroxylation sites is 1. The van der Waals surface area contributed by atoms with Gasteiger partial charge in [-0.2, -0.15) is 0 Å². The van der Waals surface area contributed by atoms with Gasteiger partial charge in [0.25, 0.3) is 0 Å². The Morgan fingerprint density at radius 3 is 2.78 bits per heavy atom. The number of hydrogen-bond acceptors (Lipinski definition) is 3. The monoisotopic (exact) mass is 249 g/mol. The van der Waals surface area contributed by atoms with Crippen molar-refractivity contribution in [2.75, 3.05) is 6.61 Å². The Morgan fingerprint density at radius 2 is 2.06 bits per heavy atom. The Hall–Kier alpha value is -1.06. The van der Waals surface area contributed by atoms with Crippen molar-refractivity contribution in [3.05, 3.63) is 29.8 Å². The van der Waals surface area contributed by atoms with Gasteiger partial charge in [0.15, 0.2) is 0 Å². The van der Waals surface area contributed by atoms with Crippen molar-refractivity contribution in [2.24, 2.45) is 0 Å². The summed E-state index contributed by atoms with van der Waals surface area (Å²) in [6, 6.07) is 8.29. The van der Waals surface area contributed by atoms with Crippen LogP contribution in [0, 0.1) is 0 Å². The van der Waals surface area contributed by atoms with Gasteiger partial charge >= 0.3 is 0 Å². The average molecular weight is 249 g/mol. The summed E-state index contributed by atoms with van der Waals surface area (Å²) in [5, 5.41) is 12.3. The van der Waals surface area contributed by atoms with Crippen LogP contribution in [0.15, 0.2) is 24.3 Å². The second-order valence-electron chi connectivity index (χ2n) is 5.10. The maximum Gasteiger partial charge on any atom is 0.124 e. The number of hydrogen-bond donors (Lipinski definition) is 2. The van der Waals surface area contributed by atoms with Crippen LogP contribution in [-0.2, 0) is 6.54 Å². The smallest absolute Gasteiger partial charge is 0.124 e. The van der Waals surface area contributed by atoms with Gasteiger partial charge in [-0.25, -0.2) is 0 Å². The molecule has 0 unspecified atom stereocenters. The second kappa shape index (κ2) is 6.76. The minimum absolute atomic E-state index is 0.115. The van der Waals surface area contributed by atoms with Gasteiger partial charge < -0.3 is 15.2 Å². The standard InChI is InChI=1S/C15H23NO2/c1-12(11-17)16-10-13-6-2-5-9-15(13)18-14-7-3-4-8-14/h2,5-6,9,12,14,16-17H,3-4,7-8,10-11H2,1H3/t12-/m1/s1. The van der Waals surface area contributed by atoms with Gasteiger partial charge in [-0.15, -0.1) is 0 Å². The molecule has 100 valence electrons. The van der Waals surface area contributed by atoms with E-state index in [1.165, 1.54) is 31.2 Å². The van der Waals surface area contributed by atoms with Crippen molar-refractivity contribution >= 4 is 0 Å². The summed E-state index contributed by atoms with van der Waals surface area (Å²) in [5.41, 5.74) is 1.17. The normalized spacial score (nSPS) is 17.9. The highest BCUT2D eigenvalue weighted by atomic mass is 16.5. The fourth-order valence-corrected chi connectivity index (χ4v) is 2.30. The van der Waals surface area contributed by atoms with Crippen LogP contribution >= 0.6 is 0 Å².